The highest BCUT2D eigenvalue weighted by Crippen LogP contribution is 2.30. The average Bonchev–Trinajstić information content (AvgIpc) is 2.85. The van der Waals surface area contributed by atoms with E-state index < -0.39 is 0 Å². The van der Waals surface area contributed by atoms with Crippen molar-refractivity contribution in [2.75, 3.05) is 43.4 Å². The quantitative estimate of drug-likeness (QED) is 0.658. The van der Waals surface area contributed by atoms with Gasteiger partial charge in [-0.05, 0) is 50.2 Å². The smallest absolute Gasteiger partial charge is 0.270 e. The minimum atomic E-state index is -0.252. The molecule has 170 valence electrons. The molecule has 33 heavy (non-hydrogen) atoms. The first-order valence-corrected chi connectivity index (χ1v) is 11.8. The van der Waals surface area contributed by atoms with Gasteiger partial charge < -0.3 is 15.1 Å². The van der Waals surface area contributed by atoms with Crippen molar-refractivity contribution in [3.05, 3.63) is 52.4 Å². The lowest BCUT2D eigenvalue weighted by Gasteiger charge is -2.34. The van der Waals surface area contributed by atoms with Crippen LogP contribution < -0.4 is 15.8 Å². The van der Waals surface area contributed by atoms with Gasteiger partial charge in [0.25, 0.3) is 5.56 Å². The van der Waals surface area contributed by atoms with E-state index in [9.17, 15) is 10.1 Å². The Morgan fingerprint density at radius 1 is 1.06 bits per heavy atom. The number of pyridine rings is 1. The van der Waals surface area contributed by atoms with E-state index in [0.29, 0.717) is 17.0 Å². The molecule has 0 amide bonds. The molecular weight excluding hydrogens is 414 g/mol. The molecule has 5 rings (SSSR count). The molecule has 1 saturated heterocycles. The van der Waals surface area contributed by atoms with Gasteiger partial charge in [0.1, 0.15) is 17.3 Å². The van der Waals surface area contributed by atoms with Crippen molar-refractivity contribution >= 4 is 28.4 Å². The predicted molar refractivity (Wildman–Crippen MR) is 130 cm³/mol. The van der Waals surface area contributed by atoms with Gasteiger partial charge in [0.2, 0.25) is 5.95 Å². The third kappa shape index (κ3) is 4.41. The molecule has 0 atom stereocenters. The van der Waals surface area contributed by atoms with Gasteiger partial charge in [0.15, 0.2) is 0 Å². The van der Waals surface area contributed by atoms with Crippen LogP contribution in [0.1, 0.15) is 43.7 Å². The van der Waals surface area contributed by atoms with Gasteiger partial charge in [-0.15, -0.1) is 0 Å². The Morgan fingerprint density at radius 3 is 2.48 bits per heavy atom. The van der Waals surface area contributed by atoms with E-state index in [1.165, 1.54) is 12.1 Å². The molecule has 3 aromatic rings. The van der Waals surface area contributed by atoms with E-state index in [1.807, 2.05) is 18.2 Å². The first kappa shape index (κ1) is 21.4. The number of nitriles is 1. The molecule has 0 radical (unpaired) electrons. The maximum absolute atomic E-state index is 13.0. The van der Waals surface area contributed by atoms with Gasteiger partial charge >= 0.3 is 0 Å². The number of likely N-dealkylation sites (N-methyl/N-ethyl adjacent to an activating group) is 1. The molecule has 2 fully saturated rings. The van der Waals surface area contributed by atoms with Crippen LogP contribution in [0.25, 0.3) is 11.0 Å². The monoisotopic (exact) mass is 443 g/mol. The predicted octanol–water partition coefficient (Wildman–Crippen LogP) is 3.66. The van der Waals surface area contributed by atoms with Crippen LogP contribution in [0.3, 0.4) is 0 Å². The van der Waals surface area contributed by atoms with E-state index in [2.05, 4.69) is 39.3 Å². The highest BCUT2D eigenvalue weighted by Gasteiger charge is 2.21. The van der Waals surface area contributed by atoms with Crippen LogP contribution in [-0.4, -0.2) is 52.7 Å². The number of rotatable bonds is 4. The molecule has 0 spiro atoms. The Balaban J connectivity index is 1.43. The summed E-state index contributed by atoms with van der Waals surface area (Å²) in [6.45, 7) is 4.20. The van der Waals surface area contributed by atoms with Crippen molar-refractivity contribution in [1.82, 2.24) is 19.4 Å². The Labute approximate surface area is 193 Å². The van der Waals surface area contributed by atoms with Gasteiger partial charge in [0, 0.05) is 55.2 Å². The molecule has 3 heterocycles. The average molecular weight is 444 g/mol. The number of fused-ring (bicyclic) bond motifs is 1. The normalized spacial score (nSPS) is 17.8. The second kappa shape index (κ2) is 9.20. The van der Waals surface area contributed by atoms with Crippen LogP contribution in [0.4, 0.5) is 17.3 Å². The van der Waals surface area contributed by atoms with Crippen molar-refractivity contribution in [2.24, 2.45) is 0 Å². The number of aromatic nitrogens is 3. The molecule has 0 unspecified atom stereocenters. The van der Waals surface area contributed by atoms with Gasteiger partial charge in [-0.3, -0.25) is 9.36 Å². The Kier molecular flexibility index (Phi) is 5.97. The highest BCUT2D eigenvalue weighted by molar-refractivity contribution is 5.77. The maximum Gasteiger partial charge on any atom is 0.270 e. The summed E-state index contributed by atoms with van der Waals surface area (Å²) >= 11 is 0. The van der Waals surface area contributed by atoms with E-state index >= 15 is 0 Å². The van der Waals surface area contributed by atoms with Crippen molar-refractivity contribution in [1.29, 1.82) is 5.26 Å². The topological polar surface area (TPSA) is 90.1 Å². The summed E-state index contributed by atoms with van der Waals surface area (Å²) in [6.07, 6.45) is 6.93. The summed E-state index contributed by atoms with van der Waals surface area (Å²) in [7, 11) is 2.16. The van der Waals surface area contributed by atoms with Crippen molar-refractivity contribution < 1.29 is 0 Å². The minimum absolute atomic E-state index is 0.0765. The lowest BCUT2D eigenvalue weighted by Crippen LogP contribution is -2.44. The van der Waals surface area contributed by atoms with Crippen LogP contribution in [-0.2, 0) is 0 Å². The number of hydrogen-bond donors (Lipinski definition) is 1. The van der Waals surface area contributed by atoms with Gasteiger partial charge in [-0.1, -0.05) is 19.3 Å². The fourth-order valence-corrected chi connectivity index (χ4v) is 4.89. The standard InChI is InChI=1S/C25H29N7O/c1-30-11-13-31(14-12-30)21-9-7-20(8-10-21)28-25-27-17-19-15-18(16-26)24(33)32(23(19)29-25)22-5-3-2-4-6-22/h7-10,15,17,22H,2-6,11-14H2,1H3,(H,27,28,29). The fourth-order valence-electron chi connectivity index (χ4n) is 4.89. The number of nitrogens with one attached hydrogen (secondary N) is 1. The zero-order valence-electron chi connectivity index (χ0n) is 19.0. The van der Waals surface area contributed by atoms with E-state index in [-0.39, 0.29) is 17.2 Å². The first-order chi connectivity index (χ1) is 16.1. The number of piperazine rings is 1. The number of nitrogens with zero attached hydrogens (tertiary/aromatic N) is 6. The second-order valence-corrected chi connectivity index (χ2v) is 9.07. The minimum Gasteiger partial charge on any atom is -0.369 e. The van der Waals surface area contributed by atoms with Gasteiger partial charge in [-0.25, -0.2) is 4.98 Å². The summed E-state index contributed by atoms with van der Waals surface area (Å²) in [6, 6.07) is 12.0. The molecule has 1 saturated carbocycles. The molecule has 1 aliphatic carbocycles. The maximum atomic E-state index is 13.0. The SMILES string of the molecule is CN1CCN(c2ccc(Nc3ncc4cc(C#N)c(=O)n(C5CCCCC5)c4n3)cc2)CC1. The van der Waals surface area contributed by atoms with Gasteiger partial charge in [0.05, 0.1) is 0 Å². The largest absolute Gasteiger partial charge is 0.369 e. The Morgan fingerprint density at radius 2 is 1.79 bits per heavy atom. The Bertz CT molecular complexity index is 1230. The molecule has 2 aromatic heterocycles. The molecule has 1 N–H and O–H groups in total. The molecule has 1 aliphatic heterocycles. The number of benzene rings is 1. The zero-order valence-corrected chi connectivity index (χ0v) is 19.0. The molecular formula is C25H29N7O. The summed E-state index contributed by atoms with van der Waals surface area (Å²) < 4.78 is 1.73. The van der Waals surface area contributed by atoms with Crippen LogP contribution in [0.5, 0.6) is 0 Å². The molecule has 8 nitrogen and oxygen atoms in total. The third-order valence-electron chi connectivity index (χ3n) is 6.83. The molecule has 8 heteroatoms. The first-order valence-electron chi connectivity index (χ1n) is 11.8. The summed E-state index contributed by atoms with van der Waals surface area (Å²) in [4.78, 5) is 26.9. The second-order valence-electron chi connectivity index (χ2n) is 9.07. The zero-order chi connectivity index (χ0) is 22.8. The fraction of sp³-hybridized carbons (Fsp3) is 0.440. The summed E-state index contributed by atoms with van der Waals surface area (Å²) in [5, 5.41) is 13.5. The van der Waals surface area contributed by atoms with Crippen LogP contribution in [0.15, 0.2) is 41.3 Å². The Hall–Kier alpha value is -3.44. The molecule has 1 aromatic carbocycles. The van der Waals surface area contributed by atoms with E-state index in [0.717, 1.165) is 57.5 Å². The van der Waals surface area contributed by atoms with Crippen LogP contribution >= 0.6 is 0 Å². The number of hydrogen-bond acceptors (Lipinski definition) is 7. The lowest BCUT2D eigenvalue weighted by molar-refractivity contribution is 0.313. The van der Waals surface area contributed by atoms with Crippen molar-refractivity contribution in [3.8, 4) is 6.07 Å². The summed E-state index contributed by atoms with van der Waals surface area (Å²) in [5.74, 6) is 0.448. The number of anilines is 3. The molecule has 0 bridgehead atoms. The van der Waals surface area contributed by atoms with E-state index in [4.69, 9.17) is 4.98 Å². The third-order valence-corrected chi connectivity index (χ3v) is 6.83. The van der Waals surface area contributed by atoms with E-state index in [1.54, 1.807) is 16.8 Å². The molecule has 2 aliphatic rings. The highest BCUT2D eigenvalue weighted by atomic mass is 16.1. The van der Waals surface area contributed by atoms with Gasteiger partial charge in [-0.2, -0.15) is 10.2 Å². The van der Waals surface area contributed by atoms with Crippen molar-refractivity contribution in [2.45, 2.75) is 38.1 Å². The van der Waals surface area contributed by atoms with Crippen LogP contribution in [0.2, 0.25) is 0 Å². The van der Waals surface area contributed by atoms with Crippen LogP contribution in [0, 0.1) is 11.3 Å². The summed E-state index contributed by atoms with van der Waals surface area (Å²) in [5.41, 5.74) is 2.60. The lowest BCUT2D eigenvalue weighted by atomic mass is 9.95. The van der Waals surface area contributed by atoms with Crippen molar-refractivity contribution in [3.63, 3.8) is 0 Å².